The van der Waals surface area contributed by atoms with Crippen molar-refractivity contribution in [3.63, 3.8) is 0 Å². The molecule has 1 heterocycles. The Morgan fingerprint density at radius 1 is 1.00 bits per heavy atom. The van der Waals surface area contributed by atoms with Gasteiger partial charge < -0.3 is 16.0 Å². The Bertz CT molecular complexity index is 340. The smallest absolute Gasteiger partial charge is 0.131 e. The first kappa shape index (κ1) is 15.7. The molecular weight excluding hydrogens is 238 g/mol. The molecule has 0 unspecified atom stereocenters. The molecular formula is C14H27N5. The van der Waals surface area contributed by atoms with E-state index in [1.165, 1.54) is 12.8 Å². The number of aromatic nitrogens is 2. The second kappa shape index (κ2) is 9.55. The lowest BCUT2D eigenvalue weighted by atomic mass is 10.1. The van der Waals surface area contributed by atoms with E-state index in [1.54, 1.807) is 6.33 Å². The normalized spacial score (nSPS) is 10.7. The highest BCUT2D eigenvalue weighted by atomic mass is 15.1. The van der Waals surface area contributed by atoms with E-state index < -0.39 is 0 Å². The molecule has 0 aliphatic heterocycles. The topological polar surface area (TPSA) is 61.9 Å². The van der Waals surface area contributed by atoms with Crippen molar-refractivity contribution in [3.05, 3.63) is 12.4 Å². The van der Waals surface area contributed by atoms with Crippen LogP contribution in [0.5, 0.6) is 0 Å². The molecule has 1 aromatic heterocycles. The standard InChI is InChI=1S/C14H27N5/c1-12(2)6-4-8-16-13-10-14(19-11-18-13)17-9-5-7-15-3/h10-12,15H,4-9H2,1-3H3,(H2,16,17,18,19). The van der Waals surface area contributed by atoms with Gasteiger partial charge in [0, 0.05) is 19.2 Å². The maximum atomic E-state index is 4.23. The van der Waals surface area contributed by atoms with Crippen molar-refractivity contribution < 1.29 is 0 Å². The van der Waals surface area contributed by atoms with Crippen LogP contribution in [0.3, 0.4) is 0 Å². The summed E-state index contributed by atoms with van der Waals surface area (Å²) in [5.41, 5.74) is 0. The summed E-state index contributed by atoms with van der Waals surface area (Å²) >= 11 is 0. The van der Waals surface area contributed by atoms with Gasteiger partial charge in [0.15, 0.2) is 0 Å². The molecule has 0 aliphatic carbocycles. The first-order chi connectivity index (χ1) is 9.22. The molecule has 5 heteroatoms. The molecule has 5 nitrogen and oxygen atoms in total. The Hall–Kier alpha value is -1.36. The summed E-state index contributed by atoms with van der Waals surface area (Å²) in [6, 6.07) is 1.97. The molecule has 3 N–H and O–H groups in total. The molecule has 0 bridgehead atoms. The number of nitrogens with one attached hydrogen (secondary N) is 3. The number of hydrogen-bond donors (Lipinski definition) is 3. The minimum atomic E-state index is 0.761. The molecule has 0 saturated carbocycles. The summed E-state index contributed by atoms with van der Waals surface area (Å²) in [6.45, 7) is 7.40. The number of hydrogen-bond acceptors (Lipinski definition) is 5. The quantitative estimate of drug-likeness (QED) is 0.567. The van der Waals surface area contributed by atoms with Gasteiger partial charge in [0.2, 0.25) is 0 Å². The van der Waals surface area contributed by atoms with Crippen molar-refractivity contribution in [1.82, 2.24) is 15.3 Å². The van der Waals surface area contributed by atoms with Crippen molar-refractivity contribution in [2.75, 3.05) is 37.3 Å². The van der Waals surface area contributed by atoms with Crippen molar-refractivity contribution in [2.24, 2.45) is 5.92 Å². The molecule has 0 atom stereocenters. The van der Waals surface area contributed by atoms with Gasteiger partial charge >= 0.3 is 0 Å². The Morgan fingerprint density at radius 3 is 2.21 bits per heavy atom. The zero-order valence-electron chi connectivity index (χ0n) is 12.4. The lowest BCUT2D eigenvalue weighted by Gasteiger charge is -2.09. The van der Waals surface area contributed by atoms with Gasteiger partial charge in [-0.3, -0.25) is 0 Å². The van der Waals surface area contributed by atoms with Crippen LogP contribution in [0.15, 0.2) is 12.4 Å². The summed E-state index contributed by atoms with van der Waals surface area (Å²) in [5, 5.41) is 9.76. The second-order valence-electron chi connectivity index (χ2n) is 5.14. The fourth-order valence-electron chi connectivity index (χ4n) is 1.76. The van der Waals surface area contributed by atoms with E-state index in [1.807, 2.05) is 13.1 Å². The van der Waals surface area contributed by atoms with Crippen molar-refractivity contribution >= 4 is 11.6 Å². The molecule has 0 spiro atoms. The molecule has 0 saturated heterocycles. The van der Waals surface area contributed by atoms with Crippen molar-refractivity contribution in [2.45, 2.75) is 33.1 Å². The molecule has 0 fully saturated rings. The van der Waals surface area contributed by atoms with Crippen molar-refractivity contribution in [3.8, 4) is 0 Å². The van der Waals surface area contributed by atoms with Crippen LogP contribution in [0, 0.1) is 5.92 Å². The number of anilines is 2. The highest BCUT2D eigenvalue weighted by molar-refractivity contribution is 5.46. The van der Waals surface area contributed by atoms with E-state index in [4.69, 9.17) is 0 Å². The fraction of sp³-hybridized carbons (Fsp3) is 0.714. The fourth-order valence-corrected chi connectivity index (χ4v) is 1.76. The van der Waals surface area contributed by atoms with Crippen LogP contribution in [0.25, 0.3) is 0 Å². The van der Waals surface area contributed by atoms with E-state index in [-0.39, 0.29) is 0 Å². The summed E-state index contributed by atoms with van der Waals surface area (Å²) in [6.07, 6.45) is 5.10. The maximum Gasteiger partial charge on any atom is 0.131 e. The average Bonchev–Trinajstić information content (AvgIpc) is 2.40. The van der Waals surface area contributed by atoms with Gasteiger partial charge in [-0.2, -0.15) is 0 Å². The molecule has 1 rings (SSSR count). The third-order valence-corrected chi connectivity index (χ3v) is 2.84. The molecule has 0 amide bonds. The minimum absolute atomic E-state index is 0.761. The lowest BCUT2D eigenvalue weighted by Crippen LogP contribution is -2.13. The van der Waals surface area contributed by atoms with Gasteiger partial charge in [0.1, 0.15) is 18.0 Å². The van der Waals surface area contributed by atoms with Gasteiger partial charge in [-0.1, -0.05) is 13.8 Å². The van der Waals surface area contributed by atoms with E-state index in [0.717, 1.165) is 43.6 Å². The largest absolute Gasteiger partial charge is 0.370 e. The zero-order chi connectivity index (χ0) is 13.9. The molecule has 108 valence electrons. The minimum Gasteiger partial charge on any atom is -0.370 e. The monoisotopic (exact) mass is 265 g/mol. The van der Waals surface area contributed by atoms with Crippen LogP contribution in [0.1, 0.15) is 33.1 Å². The molecule has 19 heavy (non-hydrogen) atoms. The first-order valence-electron chi connectivity index (χ1n) is 7.16. The van der Waals surface area contributed by atoms with Gasteiger partial charge in [-0.05, 0) is 38.8 Å². The van der Waals surface area contributed by atoms with Gasteiger partial charge in [-0.15, -0.1) is 0 Å². The second-order valence-corrected chi connectivity index (χ2v) is 5.14. The third-order valence-electron chi connectivity index (χ3n) is 2.84. The van der Waals surface area contributed by atoms with Crippen LogP contribution < -0.4 is 16.0 Å². The molecule has 1 aromatic rings. The van der Waals surface area contributed by atoms with Crippen LogP contribution in [0.2, 0.25) is 0 Å². The molecule has 0 aromatic carbocycles. The van der Waals surface area contributed by atoms with Crippen molar-refractivity contribution in [1.29, 1.82) is 0 Å². The Balaban J connectivity index is 2.27. The lowest BCUT2D eigenvalue weighted by molar-refractivity contribution is 0.566. The van der Waals surface area contributed by atoms with Crippen LogP contribution in [0.4, 0.5) is 11.6 Å². The SMILES string of the molecule is CNCCCNc1cc(NCCCC(C)C)ncn1. The van der Waals surface area contributed by atoms with Crippen LogP contribution in [-0.2, 0) is 0 Å². The summed E-state index contributed by atoms with van der Waals surface area (Å²) in [5.74, 6) is 2.55. The highest BCUT2D eigenvalue weighted by Crippen LogP contribution is 2.09. The predicted molar refractivity (Wildman–Crippen MR) is 81.6 cm³/mol. The predicted octanol–water partition coefficient (Wildman–Crippen LogP) is 2.35. The Morgan fingerprint density at radius 2 is 1.63 bits per heavy atom. The summed E-state index contributed by atoms with van der Waals surface area (Å²) in [7, 11) is 1.96. The molecule has 0 aliphatic rings. The van der Waals surface area contributed by atoms with Gasteiger partial charge in [0.25, 0.3) is 0 Å². The van der Waals surface area contributed by atoms with E-state index in [9.17, 15) is 0 Å². The summed E-state index contributed by atoms with van der Waals surface area (Å²) in [4.78, 5) is 8.44. The van der Waals surface area contributed by atoms with Crippen LogP contribution in [-0.4, -0.2) is 36.6 Å². The molecule has 0 radical (unpaired) electrons. The Kier molecular flexibility index (Phi) is 7.89. The highest BCUT2D eigenvalue weighted by Gasteiger charge is 1.99. The summed E-state index contributed by atoms with van der Waals surface area (Å²) < 4.78 is 0. The van der Waals surface area contributed by atoms with Gasteiger partial charge in [0.05, 0.1) is 0 Å². The van der Waals surface area contributed by atoms with Gasteiger partial charge in [-0.25, -0.2) is 9.97 Å². The van der Waals surface area contributed by atoms with Crippen LogP contribution >= 0.6 is 0 Å². The Labute approximate surface area is 116 Å². The first-order valence-corrected chi connectivity index (χ1v) is 7.16. The zero-order valence-corrected chi connectivity index (χ0v) is 12.4. The maximum absolute atomic E-state index is 4.23. The van der Waals surface area contributed by atoms with E-state index in [2.05, 4.69) is 39.8 Å². The van der Waals surface area contributed by atoms with E-state index >= 15 is 0 Å². The third kappa shape index (κ3) is 7.62. The number of rotatable bonds is 10. The van der Waals surface area contributed by atoms with E-state index in [0.29, 0.717) is 0 Å². The number of nitrogens with zero attached hydrogens (tertiary/aromatic N) is 2. The average molecular weight is 265 g/mol.